The van der Waals surface area contributed by atoms with Crippen LogP contribution in [0.3, 0.4) is 0 Å². The number of carbonyl (C=O) groups is 1. The van der Waals surface area contributed by atoms with Gasteiger partial charge >= 0.3 is 0 Å². The number of hydrogen-bond donors (Lipinski definition) is 2. The molecule has 0 spiro atoms. The summed E-state index contributed by atoms with van der Waals surface area (Å²) < 4.78 is 23.7. The molecule has 3 N–H and O–H groups in total. The Kier molecular flexibility index (Phi) is 5.02. The van der Waals surface area contributed by atoms with E-state index in [1.807, 2.05) is 0 Å². The van der Waals surface area contributed by atoms with Crippen molar-refractivity contribution in [1.82, 2.24) is 5.32 Å². The fraction of sp³-hybridized carbons (Fsp3) is 0.154. The molecule has 0 radical (unpaired) electrons. The summed E-state index contributed by atoms with van der Waals surface area (Å²) in [5, 5.41) is 9.72. The van der Waals surface area contributed by atoms with Gasteiger partial charge in [0.15, 0.2) is 0 Å². The van der Waals surface area contributed by atoms with Crippen LogP contribution in [0.4, 0.5) is 0 Å². The van der Waals surface area contributed by atoms with Crippen LogP contribution >= 0.6 is 33.9 Å². The molecule has 0 aliphatic heterocycles. The van der Waals surface area contributed by atoms with Gasteiger partial charge in [-0.3, -0.25) is 4.79 Å². The fourth-order valence-electron chi connectivity index (χ4n) is 1.75. The van der Waals surface area contributed by atoms with Gasteiger partial charge < -0.3 is 5.32 Å². The van der Waals surface area contributed by atoms with Crippen LogP contribution in [0, 0.1) is 2.88 Å². The molecule has 112 valence electrons. The van der Waals surface area contributed by atoms with Gasteiger partial charge in [0.05, 0.1) is 19.4 Å². The van der Waals surface area contributed by atoms with E-state index >= 15 is 0 Å². The second kappa shape index (κ2) is 6.42. The van der Waals surface area contributed by atoms with E-state index in [4.69, 9.17) is 5.14 Å². The van der Waals surface area contributed by atoms with Crippen molar-refractivity contribution >= 4 is 49.9 Å². The van der Waals surface area contributed by atoms with Crippen molar-refractivity contribution in [3.8, 4) is 0 Å². The highest BCUT2D eigenvalue weighted by atomic mass is 127. The van der Waals surface area contributed by atoms with E-state index in [9.17, 15) is 13.2 Å². The van der Waals surface area contributed by atoms with Crippen molar-refractivity contribution in [1.29, 1.82) is 0 Å². The number of benzene rings is 1. The molecule has 1 aromatic carbocycles. The van der Waals surface area contributed by atoms with Crippen molar-refractivity contribution in [2.24, 2.45) is 5.14 Å². The third kappa shape index (κ3) is 4.25. The van der Waals surface area contributed by atoms with Crippen LogP contribution in [0.15, 0.2) is 40.6 Å². The first kappa shape index (κ1) is 16.4. The molecule has 5 nitrogen and oxygen atoms in total. The molecule has 1 atom stereocenters. The zero-order chi connectivity index (χ0) is 15.6. The average molecular weight is 436 g/mol. The maximum Gasteiger partial charge on any atom is 0.252 e. The Morgan fingerprint density at radius 2 is 2.10 bits per heavy atom. The van der Waals surface area contributed by atoms with Crippen LogP contribution in [0.25, 0.3) is 0 Å². The smallest absolute Gasteiger partial charge is 0.252 e. The number of rotatable bonds is 4. The normalized spacial score (nSPS) is 12.9. The molecular formula is C13H13IN2O3S2. The number of halogens is 1. The maximum atomic E-state index is 12.1. The lowest BCUT2D eigenvalue weighted by Crippen LogP contribution is -2.26. The minimum absolute atomic E-state index is 0.0335. The number of sulfonamides is 1. The summed E-state index contributed by atoms with van der Waals surface area (Å²) in [6.45, 7) is 1.79. The van der Waals surface area contributed by atoms with Gasteiger partial charge in [0.25, 0.3) is 5.91 Å². The largest absolute Gasteiger partial charge is 0.345 e. The first-order chi connectivity index (χ1) is 9.77. The summed E-state index contributed by atoms with van der Waals surface area (Å²) in [6, 6.07) is 7.72. The molecule has 2 aromatic rings. The SMILES string of the molecule is CC(NC(=O)c1csc(I)c1)c1cccc(S(N)(=O)=O)c1. The Labute approximate surface area is 140 Å². The van der Waals surface area contributed by atoms with E-state index in [1.165, 1.54) is 23.5 Å². The van der Waals surface area contributed by atoms with Crippen LogP contribution in [0.1, 0.15) is 28.9 Å². The van der Waals surface area contributed by atoms with Gasteiger partial charge in [-0.25, -0.2) is 13.6 Å². The maximum absolute atomic E-state index is 12.1. The molecule has 1 unspecified atom stereocenters. The number of carbonyl (C=O) groups excluding carboxylic acids is 1. The van der Waals surface area contributed by atoms with E-state index in [1.54, 1.807) is 30.5 Å². The predicted octanol–water partition coefficient (Wildman–Crippen LogP) is 2.49. The van der Waals surface area contributed by atoms with Gasteiger partial charge in [0.1, 0.15) is 0 Å². The van der Waals surface area contributed by atoms with Gasteiger partial charge in [-0.05, 0) is 53.3 Å². The van der Waals surface area contributed by atoms with Crippen molar-refractivity contribution in [2.75, 3.05) is 0 Å². The molecule has 0 saturated heterocycles. The summed E-state index contributed by atoms with van der Waals surface area (Å²) in [7, 11) is -3.75. The first-order valence-electron chi connectivity index (χ1n) is 5.95. The van der Waals surface area contributed by atoms with E-state index in [2.05, 4.69) is 27.9 Å². The number of thiophene rings is 1. The highest BCUT2D eigenvalue weighted by Gasteiger charge is 2.15. The molecule has 8 heteroatoms. The Hall–Kier alpha value is -0.970. The third-order valence-electron chi connectivity index (χ3n) is 2.86. The van der Waals surface area contributed by atoms with Crippen LogP contribution in [0.5, 0.6) is 0 Å². The molecular weight excluding hydrogens is 423 g/mol. The highest BCUT2D eigenvalue weighted by molar-refractivity contribution is 14.1. The van der Waals surface area contributed by atoms with Crippen LogP contribution in [-0.2, 0) is 10.0 Å². The van der Waals surface area contributed by atoms with E-state index in [0.717, 1.165) is 2.88 Å². The van der Waals surface area contributed by atoms with Gasteiger partial charge in [-0.15, -0.1) is 11.3 Å². The molecule has 0 fully saturated rings. The van der Waals surface area contributed by atoms with Crippen LogP contribution in [0.2, 0.25) is 0 Å². The monoisotopic (exact) mass is 436 g/mol. The lowest BCUT2D eigenvalue weighted by molar-refractivity contribution is 0.0940. The zero-order valence-corrected chi connectivity index (χ0v) is 14.8. The topological polar surface area (TPSA) is 89.3 Å². The zero-order valence-electron chi connectivity index (χ0n) is 11.0. The van der Waals surface area contributed by atoms with Crippen molar-refractivity contribution in [3.05, 3.63) is 49.7 Å². The summed E-state index contributed by atoms with van der Waals surface area (Å²) in [5.74, 6) is -0.192. The van der Waals surface area contributed by atoms with Gasteiger partial charge in [-0.1, -0.05) is 12.1 Å². The molecule has 2 rings (SSSR count). The van der Waals surface area contributed by atoms with Crippen molar-refractivity contribution in [3.63, 3.8) is 0 Å². The number of amides is 1. The molecule has 0 saturated carbocycles. The van der Waals surface area contributed by atoms with Gasteiger partial charge in [0, 0.05) is 5.38 Å². The first-order valence-corrected chi connectivity index (χ1v) is 9.45. The second-order valence-electron chi connectivity index (χ2n) is 4.45. The van der Waals surface area contributed by atoms with E-state index in [0.29, 0.717) is 11.1 Å². The summed E-state index contributed by atoms with van der Waals surface area (Å²) in [4.78, 5) is 12.1. The minimum atomic E-state index is -3.75. The minimum Gasteiger partial charge on any atom is -0.345 e. The molecule has 0 bridgehead atoms. The highest BCUT2D eigenvalue weighted by Crippen LogP contribution is 2.19. The average Bonchev–Trinajstić information content (AvgIpc) is 2.84. The lowest BCUT2D eigenvalue weighted by Gasteiger charge is -2.14. The summed E-state index contributed by atoms with van der Waals surface area (Å²) >= 11 is 3.64. The third-order valence-corrected chi connectivity index (χ3v) is 5.56. The van der Waals surface area contributed by atoms with Crippen LogP contribution < -0.4 is 10.5 Å². The number of hydrogen-bond acceptors (Lipinski definition) is 4. The molecule has 1 heterocycles. The number of primary sulfonamides is 1. The summed E-state index contributed by atoms with van der Waals surface area (Å²) in [5.41, 5.74) is 1.28. The standard InChI is InChI=1S/C13H13IN2O3S2/c1-8(16-13(17)10-6-12(14)20-7-10)9-3-2-4-11(5-9)21(15,18)19/h2-8H,1H3,(H,16,17)(H2,15,18,19). The van der Waals surface area contributed by atoms with Crippen molar-refractivity contribution in [2.45, 2.75) is 17.9 Å². The Morgan fingerprint density at radius 3 is 2.67 bits per heavy atom. The van der Waals surface area contributed by atoms with E-state index < -0.39 is 10.0 Å². The Morgan fingerprint density at radius 1 is 1.38 bits per heavy atom. The molecule has 0 aliphatic rings. The van der Waals surface area contributed by atoms with E-state index in [-0.39, 0.29) is 16.8 Å². The van der Waals surface area contributed by atoms with Gasteiger partial charge in [0.2, 0.25) is 10.0 Å². The Bertz CT molecular complexity index is 771. The van der Waals surface area contributed by atoms with Gasteiger partial charge in [-0.2, -0.15) is 0 Å². The van der Waals surface area contributed by atoms with Crippen molar-refractivity contribution < 1.29 is 13.2 Å². The molecule has 0 aliphatic carbocycles. The molecule has 1 aromatic heterocycles. The quantitative estimate of drug-likeness (QED) is 0.722. The second-order valence-corrected chi connectivity index (χ2v) is 8.82. The molecule has 1 amide bonds. The number of nitrogens with two attached hydrogens (primary N) is 1. The molecule has 21 heavy (non-hydrogen) atoms. The van der Waals surface area contributed by atoms with Crippen LogP contribution in [-0.4, -0.2) is 14.3 Å². The summed E-state index contributed by atoms with van der Waals surface area (Å²) in [6.07, 6.45) is 0. The fourth-order valence-corrected chi connectivity index (χ4v) is 3.65. The lowest BCUT2D eigenvalue weighted by atomic mass is 10.1. The number of nitrogens with one attached hydrogen (secondary N) is 1. The Balaban J connectivity index is 2.17. The predicted molar refractivity (Wildman–Crippen MR) is 90.7 cm³/mol.